The van der Waals surface area contributed by atoms with Crippen LogP contribution in [0.3, 0.4) is 0 Å². The van der Waals surface area contributed by atoms with Crippen molar-refractivity contribution in [3.63, 3.8) is 0 Å². The number of rotatable bonds is 10. The Labute approximate surface area is 369 Å². The minimum Gasteiger partial charge on any atom is -0.289 e. The van der Waals surface area contributed by atoms with Crippen LogP contribution in [-0.4, -0.2) is 47.5 Å². The van der Waals surface area contributed by atoms with Crippen LogP contribution in [-0.2, 0) is 29.8 Å². The fraction of sp³-hybridized carbons (Fsp3) is 0.0385. The molecule has 2 aliphatic rings. The van der Waals surface area contributed by atoms with Crippen molar-refractivity contribution in [2.75, 3.05) is 0 Å². The van der Waals surface area contributed by atoms with Crippen molar-refractivity contribution in [1.29, 1.82) is 0 Å². The van der Waals surface area contributed by atoms with Gasteiger partial charge in [0.1, 0.15) is 0 Å². The smallest absolute Gasteiger partial charge is 0.289 e. The Hall–Kier alpha value is -7.48. The molecule has 0 saturated carbocycles. The third-order valence-corrected chi connectivity index (χ3v) is 13.0. The fourth-order valence-electron chi connectivity index (χ4n) is 8.24. The zero-order chi connectivity index (χ0) is 44.9. The highest BCUT2D eigenvalue weighted by Gasteiger charge is 2.39. The van der Waals surface area contributed by atoms with E-state index in [-0.39, 0.29) is 32.5 Å². The van der Waals surface area contributed by atoms with Crippen LogP contribution in [0, 0.1) is 13.8 Å². The molecule has 0 bridgehead atoms. The molecule has 0 aliphatic heterocycles. The Bertz CT molecular complexity index is 3180. The van der Waals surface area contributed by atoms with Crippen LogP contribution >= 0.6 is 0 Å². The summed E-state index contributed by atoms with van der Waals surface area (Å²) < 4.78 is 67.8. The molecule has 0 amide bonds. The van der Waals surface area contributed by atoms with Gasteiger partial charge in [-0.3, -0.25) is 23.7 Å². The van der Waals surface area contributed by atoms with E-state index in [4.69, 9.17) is 9.97 Å². The Kier molecular flexibility index (Phi) is 10.7. The van der Waals surface area contributed by atoms with Gasteiger partial charge in [0, 0.05) is 44.6 Å². The van der Waals surface area contributed by atoms with Crippen molar-refractivity contribution >= 4 is 76.4 Å². The predicted octanol–water partition coefficient (Wildman–Crippen LogP) is 9.80. The number of aromatic nitrogens is 2. The Morgan fingerprint density at radius 2 is 0.641 bits per heavy atom. The van der Waals surface area contributed by atoms with Gasteiger partial charge in [-0.15, -0.1) is 0 Å². The number of nitrogens with zero attached hydrogens (tertiary/aromatic N) is 2. The predicted molar refractivity (Wildman–Crippen MR) is 247 cm³/mol. The SMILES string of the molecule is Cc1ccc(C2=C(c3cncc(C4=C(c5ccc(C)cc5)C(=O)C(c5ccc(S(=O)(=O)O)cc5)=C4c4ccccc4)n3)C(c3ccccc3)=C(c3ccc(S(=O)(=O)O)cc3)C2=O)cc1. The molecule has 2 N–H and O–H groups in total. The van der Waals surface area contributed by atoms with Crippen LogP contribution in [0.15, 0.2) is 180 Å². The summed E-state index contributed by atoms with van der Waals surface area (Å²) in [6.07, 6.45) is 3.13. The third kappa shape index (κ3) is 7.69. The zero-order valence-electron chi connectivity index (χ0n) is 34.2. The lowest BCUT2D eigenvalue weighted by Crippen LogP contribution is -2.04. The lowest BCUT2D eigenvalue weighted by atomic mass is 9.90. The monoisotopic (exact) mass is 880 g/mol. The number of carbonyl (C=O) groups excluding carboxylic acids is 2. The quantitative estimate of drug-likeness (QED) is 0.126. The van der Waals surface area contributed by atoms with Crippen LogP contribution in [0.2, 0.25) is 0 Å². The average Bonchev–Trinajstić information content (AvgIpc) is 3.78. The molecule has 10 nitrogen and oxygen atoms in total. The molecule has 12 heteroatoms. The fourth-order valence-corrected chi connectivity index (χ4v) is 9.20. The summed E-state index contributed by atoms with van der Waals surface area (Å²) in [4.78, 5) is 39.7. The first-order valence-electron chi connectivity index (χ1n) is 20.0. The average molecular weight is 881 g/mol. The van der Waals surface area contributed by atoms with E-state index < -0.39 is 20.2 Å². The van der Waals surface area contributed by atoms with Crippen molar-refractivity contribution in [2.45, 2.75) is 23.6 Å². The number of carbonyl (C=O) groups is 2. The van der Waals surface area contributed by atoms with Gasteiger partial charge in [-0.05, 0) is 71.5 Å². The molecule has 64 heavy (non-hydrogen) atoms. The van der Waals surface area contributed by atoms with Gasteiger partial charge >= 0.3 is 0 Å². The van der Waals surface area contributed by atoms with E-state index in [9.17, 15) is 25.9 Å². The second kappa shape index (κ2) is 16.3. The Morgan fingerprint density at radius 1 is 0.359 bits per heavy atom. The van der Waals surface area contributed by atoms with Crippen molar-refractivity contribution in [3.8, 4) is 0 Å². The first-order chi connectivity index (χ1) is 30.7. The molecule has 0 spiro atoms. The van der Waals surface area contributed by atoms with E-state index >= 15 is 9.59 Å². The first-order valence-corrected chi connectivity index (χ1v) is 22.9. The standard InChI is InChI=1S/C52H36N2O8S2/c1-31-13-17-35(18-14-31)47-49(43(33-9-5-3-6-10-33)45(51(47)55)37-21-25-39(26-22-37)63(57,58)59)41-29-53-30-42(54-41)50-44(34-11-7-4-8-12-34)46(38-23-27-40(28-24-38)64(60,61)62)52(56)48(50)36-19-15-32(2)16-20-36/h3-30H,1-2H3,(H,57,58,59)(H,60,61,62). The summed E-state index contributed by atoms with van der Waals surface area (Å²) in [7, 11) is -9.06. The number of hydrogen-bond donors (Lipinski definition) is 2. The van der Waals surface area contributed by atoms with Crippen LogP contribution in [0.5, 0.6) is 0 Å². The Balaban J connectivity index is 1.35. The molecule has 1 aromatic heterocycles. The lowest BCUT2D eigenvalue weighted by molar-refractivity contribution is -0.109. The summed E-state index contributed by atoms with van der Waals surface area (Å²) in [5.41, 5.74) is 9.08. The maximum absolute atomic E-state index is 15.2. The maximum Gasteiger partial charge on any atom is 0.294 e. The normalized spacial score (nSPS) is 14.6. The number of benzene rings is 6. The molecule has 9 rings (SSSR count). The molecule has 0 saturated heterocycles. The van der Waals surface area contributed by atoms with Gasteiger partial charge in [-0.25, -0.2) is 4.98 Å². The number of hydrogen-bond acceptors (Lipinski definition) is 8. The molecule has 1 heterocycles. The summed E-state index contributed by atoms with van der Waals surface area (Å²) in [6, 6.07) is 44.6. The van der Waals surface area contributed by atoms with Crippen molar-refractivity contribution in [2.24, 2.45) is 0 Å². The molecule has 7 aromatic rings. The highest BCUT2D eigenvalue weighted by molar-refractivity contribution is 7.86. The second-order valence-corrected chi connectivity index (χ2v) is 18.3. The van der Waals surface area contributed by atoms with Crippen molar-refractivity contribution in [3.05, 3.63) is 226 Å². The van der Waals surface area contributed by atoms with Gasteiger partial charge in [0.25, 0.3) is 20.2 Å². The maximum atomic E-state index is 15.2. The molecular weight excluding hydrogens is 845 g/mol. The molecule has 6 aromatic carbocycles. The number of aryl methyl sites for hydroxylation is 2. The molecule has 314 valence electrons. The zero-order valence-corrected chi connectivity index (χ0v) is 35.9. The number of ketones is 2. The topological polar surface area (TPSA) is 169 Å². The van der Waals surface area contributed by atoms with Crippen molar-refractivity contribution in [1.82, 2.24) is 9.97 Å². The van der Waals surface area contributed by atoms with Crippen LogP contribution in [0.4, 0.5) is 0 Å². The van der Waals surface area contributed by atoms with E-state index in [1.165, 1.54) is 48.5 Å². The van der Waals surface area contributed by atoms with Crippen LogP contribution in [0.25, 0.3) is 44.6 Å². The van der Waals surface area contributed by atoms with Gasteiger partial charge < -0.3 is 0 Å². The van der Waals surface area contributed by atoms with Crippen LogP contribution < -0.4 is 0 Å². The van der Waals surface area contributed by atoms with Gasteiger partial charge in [-0.1, -0.05) is 145 Å². The highest BCUT2D eigenvalue weighted by Crippen LogP contribution is 2.52. The number of Topliss-reactive ketones (excluding diaryl/α,β-unsaturated/α-hetero) is 2. The molecule has 0 unspecified atom stereocenters. The summed E-state index contributed by atoms with van der Waals surface area (Å²) in [5, 5.41) is 0. The van der Waals surface area contributed by atoms with E-state index in [2.05, 4.69) is 0 Å². The molecule has 0 radical (unpaired) electrons. The summed E-state index contributed by atoms with van der Waals surface area (Å²) in [5.74, 6) is -0.693. The number of allylic oxidation sites excluding steroid dienone is 8. The third-order valence-electron chi connectivity index (χ3n) is 11.2. The molecule has 2 aliphatic carbocycles. The lowest BCUT2D eigenvalue weighted by Gasteiger charge is -2.16. The van der Waals surface area contributed by atoms with E-state index in [1.807, 2.05) is 123 Å². The summed E-state index contributed by atoms with van der Waals surface area (Å²) >= 11 is 0. The van der Waals surface area contributed by atoms with E-state index in [0.717, 1.165) is 11.1 Å². The van der Waals surface area contributed by atoms with Gasteiger partial charge in [0.15, 0.2) is 11.6 Å². The van der Waals surface area contributed by atoms with Gasteiger partial charge in [-0.2, -0.15) is 16.8 Å². The van der Waals surface area contributed by atoms with E-state index in [0.29, 0.717) is 78.2 Å². The molecular formula is C52H36N2O8S2. The summed E-state index contributed by atoms with van der Waals surface area (Å²) in [6.45, 7) is 3.88. The molecule has 0 atom stereocenters. The minimum absolute atomic E-state index is 0.280. The van der Waals surface area contributed by atoms with E-state index in [1.54, 1.807) is 12.4 Å². The Morgan fingerprint density at radius 3 is 0.953 bits per heavy atom. The van der Waals surface area contributed by atoms with Crippen molar-refractivity contribution < 1.29 is 35.5 Å². The largest absolute Gasteiger partial charge is 0.294 e. The second-order valence-electron chi connectivity index (χ2n) is 15.4. The van der Waals surface area contributed by atoms with Gasteiger partial charge in [0.05, 0.1) is 33.6 Å². The molecule has 0 fully saturated rings. The van der Waals surface area contributed by atoms with Gasteiger partial charge in [0.2, 0.25) is 0 Å². The first kappa shape index (κ1) is 41.9. The minimum atomic E-state index is -4.53. The highest BCUT2D eigenvalue weighted by atomic mass is 32.2. The van der Waals surface area contributed by atoms with Crippen LogP contribution in [0.1, 0.15) is 55.9 Å².